The van der Waals surface area contributed by atoms with Crippen LogP contribution < -0.4 is 4.90 Å². The Hall–Kier alpha value is -2.95. The average Bonchev–Trinajstić information content (AvgIpc) is 3.12. The highest BCUT2D eigenvalue weighted by Crippen LogP contribution is 2.22. The van der Waals surface area contributed by atoms with Crippen LogP contribution in [0.25, 0.3) is 0 Å². The van der Waals surface area contributed by atoms with Gasteiger partial charge in [0.1, 0.15) is 0 Å². The molecule has 5 nitrogen and oxygen atoms in total. The van der Waals surface area contributed by atoms with Gasteiger partial charge in [0, 0.05) is 24.2 Å². The molecule has 1 fully saturated rings. The van der Waals surface area contributed by atoms with Gasteiger partial charge in [0.2, 0.25) is 5.91 Å². The van der Waals surface area contributed by atoms with E-state index in [1.165, 1.54) is 0 Å². The molecule has 134 valence electrons. The Labute approximate surface area is 152 Å². The maximum Gasteiger partial charge on any atom is 0.338 e. The van der Waals surface area contributed by atoms with Gasteiger partial charge < -0.3 is 9.64 Å². The number of hydrogen-bond donors (Lipinski definition) is 0. The van der Waals surface area contributed by atoms with Crippen molar-refractivity contribution < 1.29 is 19.1 Å². The first-order chi connectivity index (χ1) is 12.6. The number of Topliss-reactive ketones (excluding diaryl/α,β-unsaturated/α-hetero) is 1. The minimum atomic E-state index is -0.572. The number of nitrogens with zero attached hydrogens (tertiary/aromatic N) is 1. The Morgan fingerprint density at radius 3 is 2.50 bits per heavy atom. The molecule has 0 aliphatic carbocycles. The highest BCUT2D eigenvalue weighted by molar-refractivity contribution is 6.00. The normalized spacial score (nSPS) is 13.7. The van der Waals surface area contributed by atoms with E-state index >= 15 is 0 Å². The summed E-state index contributed by atoms with van der Waals surface area (Å²) in [5.74, 6) is -0.759. The number of ketones is 1. The fourth-order valence-corrected chi connectivity index (χ4v) is 2.95. The van der Waals surface area contributed by atoms with E-state index in [0.717, 1.165) is 18.4 Å². The maximum atomic E-state index is 12.3. The predicted molar refractivity (Wildman–Crippen MR) is 98.5 cm³/mol. The first-order valence-electron chi connectivity index (χ1n) is 8.78. The third kappa shape index (κ3) is 3.99. The fourth-order valence-electron chi connectivity index (χ4n) is 2.95. The number of aryl methyl sites for hydroxylation is 1. The van der Waals surface area contributed by atoms with Crippen molar-refractivity contribution in [1.29, 1.82) is 0 Å². The molecule has 1 aliphatic heterocycles. The molecule has 0 saturated carbocycles. The summed E-state index contributed by atoms with van der Waals surface area (Å²) in [4.78, 5) is 37.9. The lowest BCUT2D eigenvalue weighted by molar-refractivity contribution is -0.117. The Morgan fingerprint density at radius 1 is 1.08 bits per heavy atom. The highest BCUT2D eigenvalue weighted by Gasteiger charge is 2.22. The van der Waals surface area contributed by atoms with Crippen molar-refractivity contribution in [3.8, 4) is 0 Å². The second-order valence-corrected chi connectivity index (χ2v) is 6.25. The largest absolute Gasteiger partial charge is 0.454 e. The molecule has 0 spiro atoms. The van der Waals surface area contributed by atoms with Crippen molar-refractivity contribution in [1.82, 2.24) is 0 Å². The van der Waals surface area contributed by atoms with Gasteiger partial charge in [0.25, 0.3) is 0 Å². The van der Waals surface area contributed by atoms with Crippen LogP contribution in [0.5, 0.6) is 0 Å². The second kappa shape index (κ2) is 7.95. The summed E-state index contributed by atoms with van der Waals surface area (Å²) in [5.41, 5.74) is 2.68. The van der Waals surface area contributed by atoms with Gasteiger partial charge in [-0.2, -0.15) is 0 Å². The topological polar surface area (TPSA) is 63.7 Å². The standard InChI is InChI=1S/C21H21NO4/c1-2-15-8-10-16(11-9-15)19(23)14-26-21(25)17-5-3-6-18(13-17)22-12-4-7-20(22)24/h3,5-6,8-11,13H,2,4,7,12,14H2,1H3. The first kappa shape index (κ1) is 17.9. The van der Waals surface area contributed by atoms with Gasteiger partial charge >= 0.3 is 5.97 Å². The smallest absolute Gasteiger partial charge is 0.338 e. The predicted octanol–water partition coefficient (Wildman–Crippen LogP) is 3.42. The van der Waals surface area contributed by atoms with Crippen molar-refractivity contribution in [3.63, 3.8) is 0 Å². The van der Waals surface area contributed by atoms with Crippen LogP contribution in [0.2, 0.25) is 0 Å². The lowest BCUT2D eigenvalue weighted by atomic mass is 10.1. The van der Waals surface area contributed by atoms with Crippen molar-refractivity contribution in [2.24, 2.45) is 0 Å². The molecule has 2 aromatic rings. The van der Waals surface area contributed by atoms with Crippen molar-refractivity contribution in [3.05, 3.63) is 65.2 Å². The quantitative estimate of drug-likeness (QED) is 0.591. The number of esters is 1. The maximum absolute atomic E-state index is 12.3. The van der Waals surface area contributed by atoms with Crippen LogP contribution in [0.3, 0.4) is 0 Å². The van der Waals surface area contributed by atoms with Gasteiger partial charge in [-0.05, 0) is 36.6 Å². The van der Waals surface area contributed by atoms with E-state index in [-0.39, 0.29) is 18.3 Å². The Bertz CT molecular complexity index is 826. The number of amides is 1. The zero-order valence-electron chi connectivity index (χ0n) is 14.7. The summed E-state index contributed by atoms with van der Waals surface area (Å²) < 4.78 is 5.15. The summed E-state index contributed by atoms with van der Waals surface area (Å²) in [6, 6.07) is 14.0. The van der Waals surface area contributed by atoms with E-state index in [1.54, 1.807) is 41.3 Å². The van der Waals surface area contributed by atoms with Gasteiger partial charge in [0.05, 0.1) is 5.56 Å². The average molecular weight is 351 g/mol. The summed E-state index contributed by atoms with van der Waals surface area (Å²) in [6.45, 7) is 2.39. The van der Waals surface area contributed by atoms with Crippen LogP contribution in [-0.2, 0) is 16.0 Å². The zero-order chi connectivity index (χ0) is 18.5. The fraction of sp³-hybridized carbons (Fsp3) is 0.286. The third-order valence-electron chi connectivity index (χ3n) is 4.49. The molecule has 3 rings (SSSR count). The number of benzene rings is 2. The second-order valence-electron chi connectivity index (χ2n) is 6.25. The van der Waals surface area contributed by atoms with E-state index in [2.05, 4.69) is 0 Å². The van der Waals surface area contributed by atoms with Gasteiger partial charge in [-0.1, -0.05) is 37.3 Å². The van der Waals surface area contributed by atoms with Gasteiger partial charge in [0.15, 0.2) is 12.4 Å². The molecule has 0 unspecified atom stereocenters. The van der Waals surface area contributed by atoms with Crippen LogP contribution in [-0.4, -0.2) is 30.8 Å². The minimum absolute atomic E-state index is 0.0567. The van der Waals surface area contributed by atoms with Gasteiger partial charge in [-0.15, -0.1) is 0 Å². The number of ether oxygens (including phenoxy) is 1. The molecule has 1 heterocycles. The molecule has 2 aromatic carbocycles. The summed E-state index contributed by atoms with van der Waals surface area (Å²) in [5, 5.41) is 0. The molecule has 0 radical (unpaired) electrons. The molecule has 5 heteroatoms. The Kier molecular flexibility index (Phi) is 5.46. The van der Waals surface area contributed by atoms with Gasteiger partial charge in [-0.3, -0.25) is 9.59 Å². The van der Waals surface area contributed by atoms with Crippen molar-refractivity contribution in [2.75, 3.05) is 18.1 Å². The van der Waals surface area contributed by atoms with E-state index < -0.39 is 5.97 Å². The van der Waals surface area contributed by atoms with Crippen LogP contribution in [0, 0.1) is 0 Å². The molecular formula is C21H21NO4. The molecular weight excluding hydrogens is 330 g/mol. The molecule has 1 aliphatic rings. The van der Waals surface area contributed by atoms with E-state index in [4.69, 9.17) is 4.74 Å². The summed E-state index contributed by atoms with van der Waals surface area (Å²) in [6.07, 6.45) is 2.25. The highest BCUT2D eigenvalue weighted by atomic mass is 16.5. The molecule has 0 aromatic heterocycles. The number of carbonyl (C=O) groups excluding carboxylic acids is 3. The lowest BCUT2D eigenvalue weighted by Crippen LogP contribution is -2.24. The molecule has 26 heavy (non-hydrogen) atoms. The molecule has 0 bridgehead atoms. The minimum Gasteiger partial charge on any atom is -0.454 e. The number of anilines is 1. The van der Waals surface area contributed by atoms with Crippen LogP contribution in [0.4, 0.5) is 5.69 Å². The first-order valence-corrected chi connectivity index (χ1v) is 8.78. The Balaban J connectivity index is 1.62. The van der Waals surface area contributed by atoms with Crippen LogP contribution in [0.1, 0.15) is 46.0 Å². The zero-order valence-corrected chi connectivity index (χ0v) is 14.7. The van der Waals surface area contributed by atoms with Crippen molar-refractivity contribution >= 4 is 23.3 Å². The number of carbonyl (C=O) groups is 3. The van der Waals surface area contributed by atoms with E-state index in [1.807, 2.05) is 19.1 Å². The number of hydrogen-bond acceptors (Lipinski definition) is 4. The summed E-state index contributed by atoms with van der Waals surface area (Å²) >= 11 is 0. The molecule has 1 saturated heterocycles. The van der Waals surface area contributed by atoms with Gasteiger partial charge in [-0.25, -0.2) is 4.79 Å². The molecule has 0 N–H and O–H groups in total. The molecule has 1 amide bonds. The summed E-state index contributed by atoms with van der Waals surface area (Å²) in [7, 11) is 0. The monoisotopic (exact) mass is 351 g/mol. The van der Waals surface area contributed by atoms with E-state index in [0.29, 0.717) is 29.8 Å². The lowest BCUT2D eigenvalue weighted by Gasteiger charge is -2.16. The Morgan fingerprint density at radius 2 is 1.85 bits per heavy atom. The van der Waals surface area contributed by atoms with Crippen LogP contribution >= 0.6 is 0 Å². The SMILES string of the molecule is CCc1ccc(C(=O)COC(=O)c2cccc(N3CCCC3=O)c2)cc1. The third-order valence-corrected chi connectivity index (χ3v) is 4.49. The number of rotatable bonds is 6. The van der Waals surface area contributed by atoms with Crippen LogP contribution in [0.15, 0.2) is 48.5 Å². The molecule has 0 atom stereocenters. The van der Waals surface area contributed by atoms with E-state index in [9.17, 15) is 14.4 Å². The van der Waals surface area contributed by atoms with Crippen molar-refractivity contribution in [2.45, 2.75) is 26.2 Å².